The van der Waals surface area contributed by atoms with Crippen molar-refractivity contribution in [3.8, 4) is 5.75 Å². The van der Waals surface area contributed by atoms with Crippen molar-refractivity contribution in [2.24, 2.45) is 10.8 Å². The van der Waals surface area contributed by atoms with Gasteiger partial charge in [-0.2, -0.15) is 15.0 Å². The molecule has 2 aromatic carbocycles. The zero-order valence-electron chi connectivity index (χ0n) is 20.5. The van der Waals surface area contributed by atoms with Crippen LogP contribution < -0.4 is 0 Å². The SMILES string of the molecule is CC(C)(C)CC(C)(C)C1=CC(C)(n2nc3ccccc3n2)C(O)C(Cc2ccccc2O)=C1. The number of phenolic OH excluding ortho intramolecular Hbond substituents is 1. The van der Waals surface area contributed by atoms with Gasteiger partial charge in [0.15, 0.2) is 0 Å². The number of fused-ring (bicyclic) bond motifs is 1. The quantitative estimate of drug-likeness (QED) is 0.522. The van der Waals surface area contributed by atoms with Crippen molar-refractivity contribution < 1.29 is 10.2 Å². The number of nitrogens with zero attached hydrogens (tertiary/aromatic N) is 3. The number of rotatable bonds is 5. The van der Waals surface area contributed by atoms with Crippen LogP contribution in [0.5, 0.6) is 5.75 Å². The fourth-order valence-electron chi connectivity index (χ4n) is 5.18. The summed E-state index contributed by atoms with van der Waals surface area (Å²) >= 11 is 0. The van der Waals surface area contributed by atoms with Gasteiger partial charge in [-0.05, 0) is 71.6 Å². The molecular formula is C28H35N3O2. The van der Waals surface area contributed by atoms with Crippen LogP contribution in [0.15, 0.2) is 71.8 Å². The molecule has 0 saturated heterocycles. The lowest BCUT2D eigenvalue weighted by Gasteiger charge is -2.41. The van der Waals surface area contributed by atoms with Gasteiger partial charge in [0.1, 0.15) is 28.4 Å². The second-order valence-electron chi connectivity index (χ2n) is 11.4. The summed E-state index contributed by atoms with van der Waals surface area (Å²) in [7, 11) is 0. The van der Waals surface area contributed by atoms with Gasteiger partial charge in [-0.1, -0.05) is 71.0 Å². The predicted octanol–water partition coefficient (Wildman–Crippen LogP) is 5.78. The van der Waals surface area contributed by atoms with Gasteiger partial charge in [-0.3, -0.25) is 0 Å². The number of aromatic nitrogens is 3. The van der Waals surface area contributed by atoms with Gasteiger partial charge in [0.2, 0.25) is 0 Å². The van der Waals surface area contributed by atoms with Crippen molar-refractivity contribution in [1.29, 1.82) is 0 Å². The number of hydrogen-bond donors (Lipinski definition) is 2. The third-order valence-electron chi connectivity index (χ3n) is 6.55. The number of aromatic hydroxyl groups is 1. The number of phenols is 1. The van der Waals surface area contributed by atoms with Gasteiger partial charge in [-0.15, -0.1) is 0 Å². The Bertz CT molecular complexity index is 1200. The van der Waals surface area contributed by atoms with E-state index in [2.05, 4.69) is 46.8 Å². The predicted molar refractivity (Wildman–Crippen MR) is 133 cm³/mol. The Balaban J connectivity index is 1.84. The molecular weight excluding hydrogens is 410 g/mol. The summed E-state index contributed by atoms with van der Waals surface area (Å²) in [4.78, 5) is 1.66. The van der Waals surface area contributed by atoms with Crippen LogP contribution in [0, 0.1) is 10.8 Å². The molecule has 5 heteroatoms. The highest BCUT2D eigenvalue weighted by Crippen LogP contribution is 2.45. The fraction of sp³-hybridized carbons (Fsp3) is 0.429. The number of aliphatic hydroxyl groups excluding tert-OH is 1. The molecule has 0 spiro atoms. The molecule has 2 unspecified atom stereocenters. The normalized spacial score (nSPS) is 21.7. The first-order chi connectivity index (χ1) is 15.4. The fourth-order valence-corrected chi connectivity index (χ4v) is 5.18. The van der Waals surface area contributed by atoms with Gasteiger partial charge < -0.3 is 10.2 Å². The lowest BCUT2D eigenvalue weighted by atomic mass is 9.67. The van der Waals surface area contributed by atoms with Crippen LogP contribution in [-0.4, -0.2) is 31.3 Å². The summed E-state index contributed by atoms with van der Waals surface area (Å²) in [6, 6.07) is 15.1. The van der Waals surface area contributed by atoms with Crippen molar-refractivity contribution in [2.75, 3.05) is 0 Å². The second-order valence-corrected chi connectivity index (χ2v) is 11.4. The van der Waals surface area contributed by atoms with E-state index in [0.717, 1.165) is 34.2 Å². The number of hydrogen-bond acceptors (Lipinski definition) is 4. The molecule has 2 N–H and O–H groups in total. The standard InChI is InChI=1S/C28H35N3O2/c1-26(2,3)18-27(4,5)21-16-20(15-19-11-7-10-14-24(19)32)25(33)28(6,17-21)31-29-22-12-8-9-13-23(22)30-31/h7-14,16-17,25,32-33H,15,18H2,1-6H3. The largest absolute Gasteiger partial charge is 0.508 e. The topological polar surface area (TPSA) is 71.2 Å². The highest BCUT2D eigenvalue weighted by Gasteiger charge is 2.43. The molecule has 3 aromatic rings. The average molecular weight is 446 g/mol. The van der Waals surface area contributed by atoms with E-state index in [9.17, 15) is 10.2 Å². The molecule has 174 valence electrons. The minimum Gasteiger partial charge on any atom is -0.508 e. The Morgan fingerprint density at radius 3 is 2.09 bits per heavy atom. The molecule has 0 fully saturated rings. The first-order valence-electron chi connectivity index (χ1n) is 11.6. The number of aliphatic hydroxyl groups is 1. The smallest absolute Gasteiger partial charge is 0.128 e. The molecule has 33 heavy (non-hydrogen) atoms. The third kappa shape index (κ3) is 4.60. The first kappa shape index (κ1) is 23.2. The highest BCUT2D eigenvalue weighted by molar-refractivity contribution is 5.73. The van der Waals surface area contributed by atoms with Gasteiger partial charge >= 0.3 is 0 Å². The van der Waals surface area contributed by atoms with Crippen LogP contribution in [0.25, 0.3) is 11.0 Å². The van der Waals surface area contributed by atoms with Gasteiger partial charge in [0, 0.05) is 0 Å². The molecule has 0 amide bonds. The maximum absolute atomic E-state index is 11.6. The van der Waals surface area contributed by atoms with Crippen LogP contribution in [0.2, 0.25) is 0 Å². The first-order valence-corrected chi connectivity index (χ1v) is 11.6. The van der Waals surface area contributed by atoms with Crippen molar-refractivity contribution in [3.05, 3.63) is 77.4 Å². The Morgan fingerprint density at radius 2 is 1.52 bits per heavy atom. The molecule has 0 saturated carbocycles. The molecule has 0 aliphatic heterocycles. The lowest BCUT2D eigenvalue weighted by molar-refractivity contribution is 0.0821. The molecule has 1 aromatic heterocycles. The Kier molecular flexibility index (Phi) is 5.73. The van der Waals surface area contributed by atoms with Gasteiger partial charge in [0.25, 0.3) is 0 Å². The summed E-state index contributed by atoms with van der Waals surface area (Å²) in [5, 5.41) is 31.5. The molecule has 1 aliphatic rings. The molecule has 5 nitrogen and oxygen atoms in total. The van der Waals surface area contributed by atoms with E-state index in [1.165, 1.54) is 0 Å². The number of allylic oxidation sites excluding steroid dienone is 2. The Hall–Kier alpha value is -2.92. The van der Waals surface area contributed by atoms with Gasteiger partial charge in [0.05, 0.1) is 0 Å². The highest BCUT2D eigenvalue weighted by atomic mass is 16.3. The van der Waals surface area contributed by atoms with E-state index < -0.39 is 11.6 Å². The summed E-state index contributed by atoms with van der Waals surface area (Å²) in [6.45, 7) is 13.2. The molecule has 0 radical (unpaired) electrons. The van der Waals surface area contributed by atoms with E-state index >= 15 is 0 Å². The Labute approximate surface area is 196 Å². The maximum Gasteiger partial charge on any atom is 0.128 e. The minimum atomic E-state index is -0.863. The van der Waals surface area contributed by atoms with Crippen molar-refractivity contribution >= 4 is 11.0 Å². The number of benzene rings is 2. The summed E-state index contributed by atoms with van der Waals surface area (Å²) < 4.78 is 0. The molecule has 0 bridgehead atoms. The maximum atomic E-state index is 11.6. The number of para-hydroxylation sites is 1. The monoisotopic (exact) mass is 445 g/mol. The third-order valence-corrected chi connectivity index (χ3v) is 6.55. The van der Waals surface area contributed by atoms with Crippen molar-refractivity contribution in [3.63, 3.8) is 0 Å². The molecule has 2 atom stereocenters. The van der Waals surface area contributed by atoms with Gasteiger partial charge in [-0.25, -0.2) is 0 Å². The molecule has 1 heterocycles. The van der Waals surface area contributed by atoms with Crippen LogP contribution in [-0.2, 0) is 12.0 Å². The van der Waals surface area contributed by atoms with Crippen LogP contribution in [0.1, 0.15) is 53.5 Å². The van der Waals surface area contributed by atoms with E-state index in [-0.39, 0.29) is 16.6 Å². The zero-order valence-corrected chi connectivity index (χ0v) is 20.5. The van der Waals surface area contributed by atoms with E-state index in [0.29, 0.717) is 6.42 Å². The Morgan fingerprint density at radius 1 is 0.939 bits per heavy atom. The van der Waals surface area contributed by atoms with E-state index in [1.807, 2.05) is 49.4 Å². The zero-order chi connectivity index (χ0) is 24.0. The average Bonchev–Trinajstić information content (AvgIpc) is 3.16. The molecule has 4 rings (SSSR count). The van der Waals surface area contributed by atoms with E-state index in [1.54, 1.807) is 10.9 Å². The van der Waals surface area contributed by atoms with Crippen molar-refractivity contribution in [2.45, 2.75) is 66.0 Å². The van der Waals surface area contributed by atoms with Crippen LogP contribution in [0.4, 0.5) is 0 Å². The summed E-state index contributed by atoms with van der Waals surface area (Å²) in [6.07, 6.45) is 4.85. The van der Waals surface area contributed by atoms with Crippen LogP contribution in [0.3, 0.4) is 0 Å². The minimum absolute atomic E-state index is 0.129. The van der Waals surface area contributed by atoms with E-state index in [4.69, 9.17) is 10.2 Å². The lowest BCUT2D eigenvalue weighted by Crippen LogP contribution is -2.46. The summed E-state index contributed by atoms with van der Waals surface area (Å²) in [5.41, 5.74) is 3.53. The van der Waals surface area contributed by atoms with Crippen LogP contribution >= 0.6 is 0 Å². The molecule has 1 aliphatic carbocycles. The van der Waals surface area contributed by atoms with Crippen molar-refractivity contribution in [1.82, 2.24) is 15.0 Å². The summed E-state index contributed by atoms with van der Waals surface area (Å²) in [5.74, 6) is 0.236. The second kappa shape index (κ2) is 8.14.